The number of carbonyl (C=O) groups is 1. The molecule has 0 atom stereocenters. The van der Waals surface area contributed by atoms with Gasteiger partial charge in [-0.3, -0.25) is 4.79 Å². The van der Waals surface area contributed by atoms with E-state index in [1.165, 1.54) is 38.4 Å². The number of halogens is 3. The van der Waals surface area contributed by atoms with Gasteiger partial charge in [-0.2, -0.15) is 30.6 Å². The van der Waals surface area contributed by atoms with E-state index in [-0.39, 0.29) is 11.3 Å². The third-order valence-electron chi connectivity index (χ3n) is 3.47. The van der Waals surface area contributed by atoms with Crippen molar-refractivity contribution < 1.29 is 26.4 Å². The van der Waals surface area contributed by atoms with Crippen LogP contribution in [0.3, 0.4) is 0 Å². The van der Waals surface area contributed by atoms with E-state index in [0.29, 0.717) is 0 Å². The molecule has 0 heterocycles. The lowest BCUT2D eigenvalue weighted by Gasteiger charge is -2.28. The second-order valence-corrected chi connectivity index (χ2v) is 7.83. The van der Waals surface area contributed by atoms with E-state index in [1.807, 2.05) is 0 Å². The van der Waals surface area contributed by atoms with Crippen molar-refractivity contribution in [2.24, 2.45) is 0 Å². The van der Waals surface area contributed by atoms with Crippen molar-refractivity contribution in [3.05, 3.63) is 29.8 Å². The number of hydrogen-bond acceptors (Lipinski definition) is 3. The molecule has 0 aliphatic rings. The second kappa shape index (κ2) is 7.08. The Bertz CT molecular complexity index is 701. The molecule has 2 N–H and O–H groups in total. The molecule has 0 saturated heterocycles. The minimum Gasteiger partial charge on any atom is -0.325 e. The zero-order chi connectivity index (χ0) is 18.8. The van der Waals surface area contributed by atoms with Gasteiger partial charge in [0.1, 0.15) is 0 Å². The standard InChI is InChI=1S/C14H20F3N3O3S/c1-13(2,14(15,16)17)10-6-5-7-11(8-10)19-12(21)9-18-24(22,23)20(3)4/h5-8,18H,9H2,1-4H3,(H,19,21). The van der Waals surface area contributed by atoms with Gasteiger partial charge in [0, 0.05) is 19.8 Å². The van der Waals surface area contributed by atoms with Gasteiger partial charge in [0.2, 0.25) is 5.91 Å². The fourth-order valence-electron chi connectivity index (χ4n) is 1.64. The Morgan fingerprint density at radius 3 is 2.29 bits per heavy atom. The van der Waals surface area contributed by atoms with E-state index < -0.39 is 34.3 Å². The summed E-state index contributed by atoms with van der Waals surface area (Å²) < 4.78 is 65.2. The van der Waals surface area contributed by atoms with Crippen LogP contribution in [0.4, 0.5) is 18.9 Å². The molecular weight excluding hydrogens is 347 g/mol. The van der Waals surface area contributed by atoms with Crippen LogP contribution in [0, 0.1) is 0 Å². The minimum absolute atomic E-state index is 0.0123. The summed E-state index contributed by atoms with van der Waals surface area (Å²) >= 11 is 0. The first-order valence-corrected chi connectivity index (χ1v) is 8.35. The number of rotatable bonds is 6. The highest BCUT2D eigenvalue weighted by atomic mass is 32.2. The van der Waals surface area contributed by atoms with Crippen molar-refractivity contribution in [3.63, 3.8) is 0 Å². The lowest BCUT2D eigenvalue weighted by Crippen LogP contribution is -2.40. The smallest absolute Gasteiger partial charge is 0.325 e. The highest BCUT2D eigenvalue weighted by Crippen LogP contribution is 2.40. The normalized spacial score (nSPS) is 13.2. The highest BCUT2D eigenvalue weighted by Gasteiger charge is 2.48. The molecule has 1 aromatic rings. The van der Waals surface area contributed by atoms with Gasteiger partial charge in [0.05, 0.1) is 12.0 Å². The van der Waals surface area contributed by atoms with Gasteiger partial charge in [0.25, 0.3) is 10.2 Å². The molecular formula is C14H20F3N3O3S. The lowest BCUT2D eigenvalue weighted by atomic mass is 9.84. The Kier molecular flexibility index (Phi) is 6.01. The summed E-state index contributed by atoms with van der Waals surface area (Å²) in [6, 6.07) is 5.35. The Labute approximate surface area is 139 Å². The van der Waals surface area contributed by atoms with Crippen LogP contribution in [0.1, 0.15) is 19.4 Å². The summed E-state index contributed by atoms with van der Waals surface area (Å²) in [5, 5.41) is 2.37. The highest BCUT2D eigenvalue weighted by molar-refractivity contribution is 7.87. The molecule has 1 aromatic carbocycles. The summed E-state index contributed by atoms with van der Waals surface area (Å²) in [6.07, 6.45) is -4.45. The maximum Gasteiger partial charge on any atom is 0.397 e. The fourth-order valence-corrected chi connectivity index (χ4v) is 2.21. The summed E-state index contributed by atoms with van der Waals surface area (Å²) in [5.41, 5.74) is -1.94. The fraction of sp³-hybridized carbons (Fsp3) is 0.500. The topological polar surface area (TPSA) is 78.5 Å². The molecule has 24 heavy (non-hydrogen) atoms. The van der Waals surface area contributed by atoms with Crippen LogP contribution < -0.4 is 10.0 Å². The average Bonchev–Trinajstić information content (AvgIpc) is 2.44. The van der Waals surface area contributed by atoms with E-state index in [1.54, 1.807) is 0 Å². The van der Waals surface area contributed by atoms with Gasteiger partial charge in [-0.05, 0) is 31.5 Å². The quantitative estimate of drug-likeness (QED) is 0.806. The monoisotopic (exact) mass is 367 g/mol. The van der Waals surface area contributed by atoms with Gasteiger partial charge in [-0.15, -0.1) is 0 Å². The molecule has 0 fully saturated rings. The summed E-state index contributed by atoms with van der Waals surface area (Å²) in [7, 11) is -1.17. The first-order valence-electron chi connectivity index (χ1n) is 6.91. The SMILES string of the molecule is CN(C)S(=O)(=O)NCC(=O)Nc1cccc(C(C)(C)C(F)(F)F)c1. The van der Waals surface area contributed by atoms with E-state index in [4.69, 9.17) is 0 Å². The largest absolute Gasteiger partial charge is 0.397 e. The number of nitrogens with one attached hydrogen (secondary N) is 2. The van der Waals surface area contributed by atoms with Crippen LogP contribution in [-0.4, -0.2) is 45.4 Å². The number of alkyl halides is 3. The first-order chi connectivity index (χ1) is 10.8. The molecule has 0 bridgehead atoms. The maximum absolute atomic E-state index is 13.1. The van der Waals surface area contributed by atoms with Crippen LogP contribution >= 0.6 is 0 Å². The van der Waals surface area contributed by atoms with E-state index >= 15 is 0 Å². The molecule has 0 saturated carbocycles. The second-order valence-electron chi connectivity index (χ2n) is 5.86. The third-order valence-corrected chi connectivity index (χ3v) is 4.94. The van der Waals surface area contributed by atoms with Crippen LogP contribution in [0.25, 0.3) is 0 Å². The molecule has 0 aliphatic carbocycles. The van der Waals surface area contributed by atoms with Crippen molar-refractivity contribution in [1.82, 2.24) is 9.03 Å². The zero-order valence-corrected chi connectivity index (χ0v) is 14.5. The van der Waals surface area contributed by atoms with Crippen LogP contribution in [-0.2, 0) is 20.4 Å². The minimum atomic E-state index is -4.45. The Morgan fingerprint density at radius 1 is 1.21 bits per heavy atom. The van der Waals surface area contributed by atoms with Crippen LogP contribution in [0.2, 0.25) is 0 Å². The predicted octanol–water partition coefficient (Wildman–Crippen LogP) is 1.86. The zero-order valence-electron chi connectivity index (χ0n) is 13.7. The summed E-state index contributed by atoms with van der Waals surface area (Å²) in [6.45, 7) is 1.55. The van der Waals surface area contributed by atoms with Gasteiger partial charge in [-0.25, -0.2) is 0 Å². The average molecular weight is 367 g/mol. The van der Waals surface area contributed by atoms with Crippen molar-refractivity contribution in [2.45, 2.75) is 25.4 Å². The number of carbonyl (C=O) groups excluding carboxylic acids is 1. The summed E-state index contributed by atoms with van der Waals surface area (Å²) in [5.74, 6) is -0.692. The predicted molar refractivity (Wildman–Crippen MR) is 84.8 cm³/mol. The Hall–Kier alpha value is -1.65. The van der Waals surface area contributed by atoms with Gasteiger partial charge >= 0.3 is 6.18 Å². The lowest BCUT2D eigenvalue weighted by molar-refractivity contribution is -0.180. The molecule has 1 amide bonds. The molecule has 10 heteroatoms. The van der Waals surface area contributed by atoms with Crippen molar-refractivity contribution in [1.29, 1.82) is 0 Å². The van der Waals surface area contributed by atoms with Crippen molar-refractivity contribution >= 4 is 21.8 Å². The molecule has 0 aromatic heterocycles. The molecule has 1 rings (SSSR count). The number of nitrogens with zero attached hydrogens (tertiary/aromatic N) is 1. The molecule has 0 unspecified atom stereocenters. The van der Waals surface area contributed by atoms with E-state index in [2.05, 4.69) is 10.0 Å². The number of benzene rings is 1. The molecule has 0 radical (unpaired) electrons. The number of anilines is 1. The van der Waals surface area contributed by atoms with Crippen molar-refractivity contribution in [2.75, 3.05) is 26.0 Å². The Morgan fingerprint density at radius 2 is 1.79 bits per heavy atom. The van der Waals surface area contributed by atoms with Crippen LogP contribution in [0.15, 0.2) is 24.3 Å². The molecule has 6 nitrogen and oxygen atoms in total. The van der Waals surface area contributed by atoms with E-state index in [0.717, 1.165) is 18.2 Å². The van der Waals surface area contributed by atoms with E-state index in [9.17, 15) is 26.4 Å². The number of amides is 1. The summed E-state index contributed by atoms with van der Waals surface area (Å²) in [4.78, 5) is 11.8. The van der Waals surface area contributed by atoms with Crippen LogP contribution in [0.5, 0.6) is 0 Å². The molecule has 0 spiro atoms. The van der Waals surface area contributed by atoms with Gasteiger partial charge < -0.3 is 5.32 Å². The third kappa shape index (κ3) is 4.92. The first kappa shape index (κ1) is 20.4. The van der Waals surface area contributed by atoms with Crippen molar-refractivity contribution in [3.8, 4) is 0 Å². The Balaban J connectivity index is 2.84. The number of hydrogen-bond donors (Lipinski definition) is 2. The van der Waals surface area contributed by atoms with Gasteiger partial charge in [-0.1, -0.05) is 12.1 Å². The van der Waals surface area contributed by atoms with Gasteiger partial charge in [0.15, 0.2) is 0 Å². The molecule has 136 valence electrons. The molecule has 0 aliphatic heterocycles. The maximum atomic E-state index is 13.1.